The van der Waals surface area contributed by atoms with Crippen molar-refractivity contribution >= 4 is 17.6 Å². The highest BCUT2D eigenvalue weighted by molar-refractivity contribution is 5.93. The largest absolute Gasteiger partial charge is 0.462 e. The van der Waals surface area contributed by atoms with E-state index in [4.69, 9.17) is 11.2 Å². The predicted octanol–water partition coefficient (Wildman–Crippen LogP) is 3.00. The fourth-order valence-electron chi connectivity index (χ4n) is 1.64. The Morgan fingerprint density at radius 2 is 1.95 bits per heavy atom. The lowest BCUT2D eigenvalue weighted by atomic mass is 10.2. The van der Waals surface area contributed by atoms with Gasteiger partial charge in [-0.15, -0.1) is 12.3 Å². The van der Waals surface area contributed by atoms with Gasteiger partial charge in [-0.05, 0) is 44.0 Å². The van der Waals surface area contributed by atoms with Gasteiger partial charge in [0, 0.05) is 18.5 Å². The number of unbranched alkanes of at least 4 members (excludes halogenated alkanes) is 2. The Balaban J connectivity index is 2.43. The molecular formula is C16H19NO3. The van der Waals surface area contributed by atoms with E-state index >= 15 is 0 Å². The fourth-order valence-corrected chi connectivity index (χ4v) is 1.64. The van der Waals surface area contributed by atoms with E-state index in [1.54, 1.807) is 31.2 Å². The van der Waals surface area contributed by atoms with Crippen LogP contribution in [0.5, 0.6) is 0 Å². The lowest BCUT2D eigenvalue weighted by Gasteiger charge is -2.06. The first-order valence-electron chi connectivity index (χ1n) is 6.68. The Kier molecular flexibility index (Phi) is 6.91. The van der Waals surface area contributed by atoms with Gasteiger partial charge in [0.05, 0.1) is 12.2 Å². The molecule has 0 aromatic heterocycles. The van der Waals surface area contributed by atoms with Gasteiger partial charge in [-0.1, -0.05) is 0 Å². The summed E-state index contributed by atoms with van der Waals surface area (Å²) >= 11 is 0. The Bertz CT molecular complexity index is 485. The highest BCUT2D eigenvalue weighted by Crippen LogP contribution is 2.11. The molecule has 0 aliphatic rings. The molecule has 4 nitrogen and oxygen atoms in total. The monoisotopic (exact) mass is 273 g/mol. The molecular weight excluding hydrogens is 254 g/mol. The minimum atomic E-state index is -0.361. The van der Waals surface area contributed by atoms with Crippen molar-refractivity contribution in [1.82, 2.24) is 0 Å². The van der Waals surface area contributed by atoms with Crippen LogP contribution in [0.25, 0.3) is 0 Å². The van der Waals surface area contributed by atoms with Crippen LogP contribution in [0.2, 0.25) is 0 Å². The van der Waals surface area contributed by atoms with E-state index in [0.29, 0.717) is 30.7 Å². The minimum absolute atomic E-state index is 0.0501. The normalized spacial score (nSPS) is 9.60. The van der Waals surface area contributed by atoms with Gasteiger partial charge in [-0.2, -0.15) is 0 Å². The zero-order valence-electron chi connectivity index (χ0n) is 11.6. The number of carbonyl (C=O) groups excluding carboxylic acids is 2. The molecule has 106 valence electrons. The molecule has 0 fully saturated rings. The number of hydrogen-bond donors (Lipinski definition) is 1. The summed E-state index contributed by atoms with van der Waals surface area (Å²) < 4.78 is 4.88. The number of anilines is 1. The molecule has 20 heavy (non-hydrogen) atoms. The van der Waals surface area contributed by atoms with Gasteiger partial charge in [-0.25, -0.2) is 4.79 Å². The van der Waals surface area contributed by atoms with Crippen molar-refractivity contribution < 1.29 is 14.3 Å². The number of esters is 1. The summed E-state index contributed by atoms with van der Waals surface area (Å²) in [6.45, 7) is 2.10. The molecule has 0 unspecified atom stereocenters. The van der Waals surface area contributed by atoms with Gasteiger partial charge in [0.15, 0.2) is 0 Å². The van der Waals surface area contributed by atoms with Crippen molar-refractivity contribution in [2.75, 3.05) is 11.9 Å². The van der Waals surface area contributed by atoms with Crippen LogP contribution in [0, 0.1) is 12.3 Å². The second-order valence-corrected chi connectivity index (χ2v) is 4.26. The molecule has 0 saturated carbocycles. The first kappa shape index (κ1) is 15.8. The van der Waals surface area contributed by atoms with Crippen LogP contribution in [0.4, 0.5) is 5.69 Å². The first-order chi connectivity index (χ1) is 9.67. The average Bonchev–Trinajstić information content (AvgIpc) is 2.45. The standard InChI is InChI=1S/C16H19NO3/c1-3-5-6-7-8-15(18)17-14-11-9-13(10-12-14)16(19)20-4-2/h1,9-12H,4-8H2,2H3,(H,17,18). The van der Waals surface area contributed by atoms with Crippen molar-refractivity contribution in [2.24, 2.45) is 0 Å². The van der Waals surface area contributed by atoms with Gasteiger partial charge in [0.1, 0.15) is 0 Å². The van der Waals surface area contributed by atoms with Crippen molar-refractivity contribution in [3.05, 3.63) is 29.8 Å². The van der Waals surface area contributed by atoms with Gasteiger partial charge in [0.25, 0.3) is 0 Å². The highest BCUT2D eigenvalue weighted by atomic mass is 16.5. The molecule has 1 aromatic rings. The molecule has 1 aromatic carbocycles. The van der Waals surface area contributed by atoms with E-state index < -0.39 is 0 Å². The molecule has 1 N–H and O–H groups in total. The number of amides is 1. The van der Waals surface area contributed by atoms with Gasteiger partial charge < -0.3 is 10.1 Å². The quantitative estimate of drug-likeness (QED) is 0.472. The molecule has 0 saturated heterocycles. The van der Waals surface area contributed by atoms with E-state index in [9.17, 15) is 9.59 Å². The number of rotatable bonds is 7. The van der Waals surface area contributed by atoms with Crippen LogP contribution in [0.3, 0.4) is 0 Å². The number of carbonyl (C=O) groups is 2. The van der Waals surface area contributed by atoms with Crippen molar-refractivity contribution in [2.45, 2.75) is 32.6 Å². The van der Waals surface area contributed by atoms with Crippen LogP contribution in [-0.2, 0) is 9.53 Å². The third-order valence-electron chi connectivity index (χ3n) is 2.65. The van der Waals surface area contributed by atoms with E-state index in [1.807, 2.05) is 0 Å². The molecule has 1 amide bonds. The Hall–Kier alpha value is -2.28. The molecule has 0 aliphatic heterocycles. The maximum atomic E-state index is 11.6. The average molecular weight is 273 g/mol. The summed E-state index contributed by atoms with van der Waals surface area (Å²) in [6, 6.07) is 6.63. The molecule has 0 aliphatic carbocycles. The minimum Gasteiger partial charge on any atom is -0.462 e. The second kappa shape index (κ2) is 8.76. The van der Waals surface area contributed by atoms with Crippen molar-refractivity contribution in [3.8, 4) is 12.3 Å². The fraction of sp³-hybridized carbons (Fsp3) is 0.375. The zero-order chi connectivity index (χ0) is 14.8. The Morgan fingerprint density at radius 1 is 1.25 bits per heavy atom. The summed E-state index contributed by atoms with van der Waals surface area (Å²) in [5.41, 5.74) is 1.14. The van der Waals surface area contributed by atoms with Crippen LogP contribution in [0.1, 0.15) is 43.0 Å². The van der Waals surface area contributed by atoms with Crippen molar-refractivity contribution in [1.29, 1.82) is 0 Å². The number of benzene rings is 1. The smallest absolute Gasteiger partial charge is 0.338 e. The first-order valence-corrected chi connectivity index (χ1v) is 6.68. The SMILES string of the molecule is C#CCCCCC(=O)Nc1ccc(C(=O)OCC)cc1. The lowest BCUT2D eigenvalue weighted by Crippen LogP contribution is -2.11. The maximum Gasteiger partial charge on any atom is 0.338 e. The third-order valence-corrected chi connectivity index (χ3v) is 2.65. The van der Waals surface area contributed by atoms with Crippen LogP contribution in [0.15, 0.2) is 24.3 Å². The van der Waals surface area contributed by atoms with Crippen molar-refractivity contribution in [3.63, 3.8) is 0 Å². The van der Waals surface area contributed by atoms with Crippen LogP contribution >= 0.6 is 0 Å². The Labute approximate surface area is 119 Å². The van der Waals surface area contributed by atoms with Crippen LogP contribution in [-0.4, -0.2) is 18.5 Å². The third kappa shape index (κ3) is 5.57. The lowest BCUT2D eigenvalue weighted by molar-refractivity contribution is -0.116. The summed E-state index contributed by atoms with van der Waals surface area (Å²) in [6.07, 6.45) is 7.91. The molecule has 0 heterocycles. The number of ether oxygens (including phenoxy) is 1. The van der Waals surface area contributed by atoms with Gasteiger partial charge >= 0.3 is 5.97 Å². The molecule has 0 atom stereocenters. The van der Waals surface area contributed by atoms with Gasteiger partial charge in [-0.3, -0.25) is 4.79 Å². The highest BCUT2D eigenvalue weighted by Gasteiger charge is 2.07. The maximum absolute atomic E-state index is 11.6. The molecule has 0 bridgehead atoms. The van der Waals surface area contributed by atoms with E-state index in [2.05, 4.69) is 11.2 Å². The summed E-state index contributed by atoms with van der Waals surface area (Å²) in [4.78, 5) is 23.1. The van der Waals surface area contributed by atoms with E-state index in [-0.39, 0.29) is 11.9 Å². The number of nitrogens with one attached hydrogen (secondary N) is 1. The topological polar surface area (TPSA) is 55.4 Å². The molecule has 0 spiro atoms. The zero-order valence-corrected chi connectivity index (χ0v) is 11.6. The number of hydrogen-bond acceptors (Lipinski definition) is 3. The molecule has 4 heteroatoms. The van der Waals surface area contributed by atoms with Crippen LogP contribution < -0.4 is 5.32 Å². The summed E-state index contributed by atoms with van der Waals surface area (Å²) in [5, 5.41) is 2.77. The summed E-state index contributed by atoms with van der Waals surface area (Å²) in [5.74, 6) is 2.13. The number of terminal acetylenes is 1. The van der Waals surface area contributed by atoms with E-state index in [1.165, 1.54) is 0 Å². The molecule has 1 rings (SSSR count). The second-order valence-electron chi connectivity index (χ2n) is 4.26. The van der Waals surface area contributed by atoms with Gasteiger partial charge in [0.2, 0.25) is 5.91 Å². The summed E-state index contributed by atoms with van der Waals surface area (Å²) in [7, 11) is 0. The van der Waals surface area contributed by atoms with E-state index in [0.717, 1.165) is 12.8 Å². The predicted molar refractivity (Wildman–Crippen MR) is 78.3 cm³/mol. The molecule has 0 radical (unpaired) electrons. The Morgan fingerprint density at radius 3 is 2.55 bits per heavy atom.